The number of aromatic nitrogens is 3. The molecule has 1 amide bonds. The fourth-order valence-corrected chi connectivity index (χ4v) is 4.62. The van der Waals surface area contributed by atoms with Crippen molar-refractivity contribution >= 4 is 34.5 Å². The molecule has 0 radical (unpaired) electrons. The van der Waals surface area contributed by atoms with E-state index in [1.807, 2.05) is 29.6 Å². The van der Waals surface area contributed by atoms with Crippen molar-refractivity contribution in [2.75, 3.05) is 36.5 Å². The minimum absolute atomic E-state index is 0.355. The maximum absolute atomic E-state index is 13.1. The molecule has 0 spiro atoms. The maximum Gasteiger partial charge on any atom is 0.416 e. The number of halogens is 3. The number of nitrogens with zero attached hydrogens (tertiary/aromatic N) is 4. The van der Waals surface area contributed by atoms with Crippen molar-refractivity contribution in [1.29, 1.82) is 0 Å². The number of carbonyl (C=O) groups excluding carboxylic acids is 1. The molecule has 0 atom stereocenters. The van der Waals surface area contributed by atoms with Crippen LogP contribution in [0.3, 0.4) is 0 Å². The van der Waals surface area contributed by atoms with Gasteiger partial charge in [-0.2, -0.15) is 13.2 Å². The van der Waals surface area contributed by atoms with Crippen LogP contribution in [0.4, 0.5) is 24.7 Å². The summed E-state index contributed by atoms with van der Waals surface area (Å²) in [5, 5.41) is 8.66. The number of rotatable bonds is 7. The van der Waals surface area contributed by atoms with Gasteiger partial charge in [-0.15, -0.1) is 5.10 Å². The monoisotopic (exact) mass is 563 g/mol. The van der Waals surface area contributed by atoms with Crippen LogP contribution in [0.5, 0.6) is 0 Å². The molecule has 1 saturated heterocycles. The number of ether oxygens (including phenoxy) is 1. The summed E-state index contributed by atoms with van der Waals surface area (Å²) >= 11 is 1.26. The molecule has 40 heavy (non-hydrogen) atoms. The van der Waals surface area contributed by atoms with Gasteiger partial charge >= 0.3 is 6.18 Å². The zero-order chi connectivity index (χ0) is 28.0. The Hall–Kier alpha value is -4.35. The normalized spacial score (nSPS) is 14.5. The zero-order valence-corrected chi connectivity index (χ0v) is 22.0. The van der Waals surface area contributed by atoms with Crippen molar-refractivity contribution in [2.45, 2.75) is 6.18 Å². The Bertz CT molecular complexity index is 1480. The number of allylic oxidation sites excluding steroid dienone is 2. The summed E-state index contributed by atoms with van der Waals surface area (Å²) in [4.78, 5) is 19.2. The number of pyridine rings is 1. The van der Waals surface area contributed by atoms with E-state index in [9.17, 15) is 18.0 Å². The Morgan fingerprint density at radius 1 is 0.975 bits per heavy atom. The van der Waals surface area contributed by atoms with Crippen molar-refractivity contribution in [3.8, 4) is 11.3 Å². The molecule has 0 saturated carbocycles. The molecule has 2 aromatic heterocycles. The van der Waals surface area contributed by atoms with E-state index < -0.39 is 11.7 Å². The molecule has 1 aliphatic rings. The number of morpholine rings is 1. The van der Waals surface area contributed by atoms with Crippen LogP contribution in [0.25, 0.3) is 16.8 Å². The molecule has 7 nitrogen and oxygen atoms in total. The van der Waals surface area contributed by atoms with Gasteiger partial charge in [-0.25, -0.2) is 4.98 Å². The van der Waals surface area contributed by atoms with Gasteiger partial charge in [0.1, 0.15) is 11.5 Å². The van der Waals surface area contributed by atoms with E-state index in [-0.39, 0.29) is 5.91 Å². The van der Waals surface area contributed by atoms with Gasteiger partial charge in [0.2, 0.25) is 5.91 Å². The van der Waals surface area contributed by atoms with Crippen LogP contribution in [0.2, 0.25) is 0 Å². The fourth-order valence-electron chi connectivity index (χ4n) is 4.15. The van der Waals surface area contributed by atoms with Gasteiger partial charge in [0.15, 0.2) is 0 Å². The van der Waals surface area contributed by atoms with Crippen LogP contribution in [0.15, 0.2) is 90.5 Å². The van der Waals surface area contributed by atoms with E-state index in [0.29, 0.717) is 35.6 Å². The molecule has 1 aliphatic heterocycles. The third kappa shape index (κ3) is 6.80. The first-order valence-electron chi connectivity index (χ1n) is 12.4. The molecule has 11 heteroatoms. The number of hydrogen-bond donors (Lipinski definition) is 1. The van der Waals surface area contributed by atoms with Crippen molar-refractivity contribution < 1.29 is 22.7 Å². The van der Waals surface area contributed by atoms with Crippen LogP contribution in [-0.2, 0) is 15.7 Å². The highest BCUT2D eigenvalue weighted by Gasteiger charge is 2.30. The molecule has 204 valence electrons. The lowest BCUT2D eigenvalue weighted by Crippen LogP contribution is -2.36. The van der Waals surface area contributed by atoms with E-state index in [0.717, 1.165) is 42.3 Å². The summed E-state index contributed by atoms with van der Waals surface area (Å²) in [6.45, 7) is 2.72. The lowest BCUT2D eigenvalue weighted by molar-refractivity contribution is -0.137. The van der Waals surface area contributed by atoms with Gasteiger partial charge in [0.25, 0.3) is 0 Å². The molecule has 2 aromatic carbocycles. The zero-order valence-electron chi connectivity index (χ0n) is 21.1. The Morgan fingerprint density at radius 2 is 1.70 bits per heavy atom. The number of amides is 1. The van der Waals surface area contributed by atoms with Crippen LogP contribution in [-0.4, -0.2) is 46.8 Å². The van der Waals surface area contributed by atoms with Gasteiger partial charge in [-0.05, 0) is 59.1 Å². The minimum Gasteiger partial charge on any atom is -0.378 e. The van der Waals surface area contributed by atoms with Crippen LogP contribution in [0.1, 0.15) is 16.7 Å². The third-order valence-electron chi connectivity index (χ3n) is 6.24. The summed E-state index contributed by atoms with van der Waals surface area (Å²) in [5.41, 5.74) is 3.41. The number of benzene rings is 2. The van der Waals surface area contributed by atoms with E-state index in [1.165, 1.54) is 29.7 Å². The van der Waals surface area contributed by atoms with Gasteiger partial charge in [-0.1, -0.05) is 40.9 Å². The van der Waals surface area contributed by atoms with E-state index in [1.54, 1.807) is 30.5 Å². The molecule has 1 N–H and O–H groups in total. The first-order valence-corrected chi connectivity index (χ1v) is 13.2. The van der Waals surface area contributed by atoms with Crippen molar-refractivity contribution in [3.63, 3.8) is 0 Å². The first kappa shape index (κ1) is 27.2. The summed E-state index contributed by atoms with van der Waals surface area (Å²) in [5.74, 6) is 0.442. The predicted octanol–water partition coefficient (Wildman–Crippen LogP) is 6.08. The fraction of sp³-hybridized carbons (Fsp3) is 0.172. The smallest absolute Gasteiger partial charge is 0.378 e. The highest BCUT2D eigenvalue weighted by atomic mass is 32.1. The molecular formula is C29H24F3N5O2S. The molecule has 3 heterocycles. The van der Waals surface area contributed by atoms with Gasteiger partial charge in [0, 0.05) is 47.6 Å². The summed E-state index contributed by atoms with van der Waals surface area (Å²) in [6.07, 6.45) is 1.86. The van der Waals surface area contributed by atoms with E-state index in [4.69, 9.17) is 4.74 Å². The Balaban J connectivity index is 1.35. The summed E-state index contributed by atoms with van der Waals surface area (Å²) < 4.78 is 48.6. The minimum atomic E-state index is -4.43. The molecular weight excluding hydrogens is 539 g/mol. The highest BCUT2D eigenvalue weighted by Crippen LogP contribution is 2.32. The Kier molecular flexibility index (Phi) is 8.32. The second-order valence-corrected chi connectivity index (χ2v) is 9.49. The van der Waals surface area contributed by atoms with Crippen LogP contribution < -0.4 is 10.2 Å². The number of anilines is 2. The van der Waals surface area contributed by atoms with Crippen molar-refractivity contribution in [1.82, 2.24) is 14.6 Å². The number of hydrogen-bond acceptors (Lipinski definition) is 7. The summed E-state index contributed by atoms with van der Waals surface area (Å²) in [6, 6.07) is 15.9. The van der Waals surface area contributed by atoms with Gasteiger partial charge < -0.3 is 15.0 Å². The maximum atomic E-state index is 13.1. The molecule has 4 aromatic rings. The Morgan fingerprint density at radius 3 is 2.33 bits per heavy atom. The lowest BCUT2D eigenvalue weighted by atomic mass is 9.97. The Labute approximate surface area is 232 Å². The predicted molar refractivity (Wildman–Crippen MR) is 149 cm³/mol. The highest BCUT2D eigenvalue weighted by molar-refractivity contribution is 7.03. The van der Waals surface area contributed by atoms with Gasteiger partial charge in [0.05, 0.1) is 18.8 Å². The average Bonchev–Trinajstić information content (AvgIpc) is 3.51. The lowest BCUT2D eigenvalue weighted by Gasteiger charge is -2.27. The van der Waals surface area contributed by atoms with Crippen LogP contribution >= 0.6 is 11.5 Å². The van der Waals surface area contributed by atoms with Crippen LogP contribution in [0, 0.1) is 0 Å². The second-order valence-electron chi connectivity index (χ2n) is 8.88. The second kappa shape index (κ2) is 12.2. The average molecular weight is 564 g/mol. The van der Waals surface area contributed by atoms with Gasteiger partial charge in [-0.3, -0.25) is 4.79 Å². The molecule has 0 unspecified atom stereocenters. The third-order valence-corrected chi connectivity index (χ3v) is 6.74. The van der Waals surface area contributed by atoms with E-state index in [2.05, 4.69) is 24.8 Å². The summed E-state index contributed by atoms with van der Waals surface area (Å²) in [7, 11) is 0. The molecule has 0 bridgehead atoms. The van der Waals surface area contributed by atoms with Crippen molar-refractivity contribution in [3.05, 3.63) is 107 Å². The van der Waals surface area contributed by atoms with E-state index >= 15 is 0 Å². The van der Waals surface area contributed by atoms with Crippen molar-refractivity contribution in [2.24, 2.45) is 0 Å². The largest absolute Gasteiger partial charge is 0.416 e. The standard InChI is InChI=1S/C29H24F3N5O2S/c30-29(31,32)23-9-4-20(5-10-23)25(22-8-13-27(33-18-22)37-14-16-39-17-15-37)2-1-3-28(38)34-24-11-6-21(7-12-24)26-19-40-36-35-26/h1-13,18-19H,14-17H2,(H,34,38)/b3-1+,25-2+. The first-order chi connectivity index (χ1) is 19.4. The quantitative estimate of drug-likeness (QED) is 0.217. The SMILES string of the molecule is O=C(/C=C/C=C(\c1ccc(C(F)(F)F)cc1)c1ccc(N2CCOCC2)nc1)Nc1ccc(-c2csnn2)cc1. The number of carbonyl (C=O) groups is 1. The molecule has 5 rings (SSSR count). The number of alkyl halides is 3. The molecule has 0 aliphatic carbocycles. The number of nitrogens with one attached hydrogen (secondary N) is 1. The molecule has 1 fully saturated rings. The topological polar surface area (TPSA) is 80.2 Å².